The van der Waals surface area contributed by atoms with E-state index in [4.69, 9.17) is 9.84 Å². The average molecular weight is 233 g/mol. The van der Waals surface area contributed by atoms with Crippen molar-refractivity contribution in [2.45, 2.75) is 64.9 Å². The van der Waals surface area contributed by atoms with E-state index >= 15 is 0 Å². The van der Waals surface area contributed by atoms with Gasteiger partial charge in [-0.3, -0.25) is 0 Å². The monoisotopic (exact) mass is 233 g/mol. The van der Waals surface area contributed by atoms with Gasteiger partial charge in [-0.15, -0.1) is 0 Å². The minimum absolute atomic E-state index is 0.303. The molecule has 4 nitrogen and oxygen atoms in total. The van der Waals surface area contributed by atoms with E-state index in [1.54, 1.807) is 6.92 Å². The highest BCUT2D eigenvalue weighted by molar-refractivity contribution is 4.76. The average Bonchev–Trinajstić information content (AvgIpc) is 2.11. The molecule has 0 fully saturated rings. The molecule has 0 spiro atoms. The number of aliphatic hydroxyl groups excluding tert-OH is 2. The molecule has 16 heavy (non-hydrogen) atoms. The summed E-state index contributed by atoms with van der Waals surface area (Å²) in [4.78, 5) is 0. The van der Waals surface area contributed by atoms with Gasteiger partial charge in [-0.05, 0) is 20.8 Å². The van der Waals surface area contributed by atoms with Crippen LogP contribution in [-0.4, -0.2) is 47.2 Å². The molecule has 0 rings (SSSR count). The van der Waals surface area contributed by atoms with Crippen molar-refractivity contribution in [3.05, 3.63) is 0 Å². The van der Waals surface area contributed by atoms with Crippen molar-refractivity contribution in [2.75, 3.05) is 13.2 Å². The van der Waals surface area contributed by atoms with Crippen LogP contribution >= 0.6 is 0 Å². The maximum absolute atomic E-state index is 9.79. The van der Waals surface area contributed by atoms with Crippen LogP contribution in [0.2, 0.25) is 0 Å². The van der Waals surface area contributed by atoms with Gasteiger partial charge in [-0.2, -0.15) is 0 Å². The second kappa shape index (κ2) is 7.22. The smallest absolute Gasteiger partial charge is 0.0745 e. The van der Waals surface area contributed by atoms with Crippen molar-refractivity contribution in [2.24, 2.45) is 0 Å². The number of ether oxygens (including phenoxy) is 1. The van der Waals surface area contributed by atoms with Crippen LogP contribution in [0.3, 0.4) is 0 Å². The first-order valence-corrected chi connectivity index (χ1v) is 5.96. The second-order valence-electron chi connectivity index (χ2n) is 5.34. The Morgan fingerprint density at radius 1 is 1.19 bits per heavy atom. The van der Waals surface area contributed by atoms with E-state index in [-0.39, 0.29) is 0 Å². The molecule has 2 atom stereocenters. The molecule has 0 aliphatic heterocycles. The lowest BCUT2D eigenvalue weighted by Gasteiger charge is -2.29. The lowest BCUT2D eigenvalue weighted by Crippen LogP contribution is -2.38. The molecule has 0 aliphatic carbocycles. The molecule has 98 valence electrons. The van der Waals surface area contributed by atoms with Crippen molar-refractivity contribution < 1.29 is 14.9 Å². The van der Waals surface area contributed by atoms with Crippen molar-refractivity contribution >= 4 is 0 Å². The van der Waals surface area contributed by atoms with Gasteiger partial charge in [0, 0.05) is 19.0 Å². The molecule has 0 aromatic heterocycles. The SMILES string of the molecule is CC(C)NC[C@@H](O)CC(C)(C)OC[C@H](C)O. The fourth-order valence-electron chi connectivity index (χ4n) is 1.42. The Bertz CT molecular complexity index is 181. The largest absolute Gasteiger partial charge is 0.392 e. The Kier molecular flexibility index (Phi) is 7.15. The maximum atomic E-state index is 9.79. The molecule has 0 radical (unpaired) electrons. The van der Waals surface area contributed by atoms with E-state index in [1.807, 2.05) is 27.7 Å². The Labute approximate surface area is 99.0 Å². The molecule has 0 unspecified atom stereocenters. The molecular weight excluding hydrogens is 206 g/mol. The highest BCUT2D eigenvalue weighted by Crippen LogP contribution is 2.17. The topological polar surface area (TPSA) is 61.7 Å². The zero-order chi connectivity index (χ0) is 12.8. The first-order valence-electron chi connectivity index (χ1n) is 5.96. The molecule has 0 saturated carbocycles. The zero-order valence-corrected chi connectivity index (χ0v) is 11.2. The Morgan fingerprint density at radius 3 is 2.19 bits per heavy atom. The van der Waals surface area contributed by atoms with E-state index in [0.29, 0.717) is 25.6 Å². The molecule has 0 saturated heterocycles. The molecule has 0 aromatic carbocycles. The number of nitrogens with one attached hydrogen (secondary N) is 1. The van der Waals surface area contributed by atoms with Crippen LogP contribution in [0.4, 0.5) is 0 Å². The van der Waals surface area contributed by atoms with Crippen LogP contribution in [0, 0.1) is 0 Å². The third kappa shape index (κ3) is 9.09. The fraction of sp³-hybridized carbons (Fsp3) is 1.00. The van der Waals surface area contributed by atoms with Crippen LogP contribution in [-0.2, 0) is 4.74 Å². The van der Waals surface area contributed by atoms with Crippen molar-refractivity contribution in [3.8, 4) is 0 Å². The lowest BCUT2D eigenvalue weighted by molar-refractivity contribution is -0.0764. The first kappa shape index (κ1) is 15.8. The Balaban J connectivity index is 3.85. The molecule has 0 aliphatic rings. The van der Waals surface area contributed by atoms with E-state index in [9.17, 15) is 5.11 Å². The number of rotatable bonds is 8. The van der Waals surface area contributed by atoms with Crippen LogP contribution in [0.15, 0.2) is 0 Å². The van der Waals surface area contributed by atoms with Gasteiger partial charge in [-0.1, -0.05) is 13.8 Å². The minimum atomic E-state index is -0.467. The normalized spacial score (nSPS) is 16.5. The van der Waals surface area contributed by atoms with Crippen LogP contribution in [0.5, 0.6) is 0 Å². The van der Waals surface area contributed by atoms with E-state index in [2.05, 4.69) is 5.32 Å². The van der Waals surface area contributed by atoms with Crippen LogP contribution < -0.4 is 5.32 Å². The van der Waals surface area contributed by atoms with E-state index in [0.717, 1.165) is 0 Å². The van der Waals surface area contributed by atoms with Gasteiger partial charge in [0.2, 0.25) is 0 Å². The predicted molar refractivity (Wildman–Crippen MR) is 65.5 cm³/mol. The van der Waals surface area contributed by atoms with Gasteiger partial charge >= 0.3 is 0 Å². The van der Waals surface area contributed by atoms with E-state index < -0.39 is 17.8 Å². The van der Waals surface area contributed by atoms with Gasteiger partial charge in [0.25, 0.3) is 0 Å². The quantitative estimate of drug-likeness (QED) is 0.583. The summed E-state index contributed by atoms with van der Waals surface area (Å²) in [6, 6.07) is 0.371. The Hall–Kier alpha value is -0.160. The van der Waals surface area contributed by atoms with Gasteiger partial charge in [0.15, 0.2) is 0 Å². The molecule has 0 amide bonds. The highest BCUT2D eigenvalue weighted by atomic mass is 16.5. The maximum Gasteiger partial charge on any atom is 0.0745 e. The molecule has 3 N–H and O–H groups in total. The van der Waals surface area contributed by atoms with Gasteiger partial charge < -0.3 is 20.3 Å². The molecule has 4 heteroatoms. The molecule has 0 heterocycles. The fourth-order valence-corrected chi connectivity index (χ4v) is 1.42. The molecule has 0 aromatic rings. The van der Waals surface area contributed by atoms with E-state index in [1.165, 1.54) is 0 Å². The summed E-state index contributed by atoms with van der Waals surface area (Å²) in [6.07, 6.45) is -0.337. The molecule has 0 bridgehead atoms. The predicted octanol–water partition coefficient (Wildman–Crippen LogP) is 0.911. The van der Waals surface area contributed by atoms with Gasteiger partial charge in [0.05, 0.1) is 24.4 Å². The third-order valence-electron chi connectivity index (χ3n) is 2.20. The van der Waals surface area contributed by atoms with Crippen molar-refractivity contribution in [3.63, 3.8) is 0 Å². The molecular formula is C12H27NO3. The first-order chi connectivity index (χ1) is 7.23. The van der Waals surface area contributed by atoms with Crippen LogP contribution in [0.1, 0.15) is 41.0 Å². The van der Waals surface area contributed by atoms with Gasteiger partial charge in [0.1, 0.15) is 0 Å². The number of aliphatic hydroxyl groups is 2. The minimum Gasteiger partial charge on any atom is -0.392 e. The lowest BCUT2D eigenvalue weighted by atomic mass is 10.0. The Morgan fingerprint density at radius 2 is 1.75 bits per heavy atom. The summed E-state index contributed by atoms with van der Waals surface area (Å²) in [5, 5.41) is 22.1. The standard InChI is InChI=1S/C12H27NO3/c1-9(2)13-7-11(15)6-12(4,5)16-8-10(3)14/h9-11,13-15H,6-8H2,1-5H3/t10-,11-/m0/s1. The summed E-state index contributed by atoms with van der Waals surface area (Å²) in [7, 11) is 0. The number of hydrogen-bond donors (Lipinski definition) is 3. The van der Waals surface area contributed by atoms with Crippen LogP contribution in [0.25, 0.3) is 0 Å². The third-order valence-corrected chi connectivity index (χ3v) is 2.20. The number of hydrogen-bond acceptors (Lipinski definition) is 4. The summed E-state index contributed by atoms with van der Waals surface area (Å²) < 4.78 is 5.53. The summed E-state index contributed by atoms with van der Waals surface area (Å²) in [6.45, 7) is 10.5. The summed E-state index contributed by atoms with van der Waals surface area (Å²) >= 11 is 0. The van der Waals surface area contributed by atoms with Crippen molar-refractivity contribution in [1.82, 2.24) is 5.32 Å². The van der Waals surface area contributed by atoms with Gasteiger partial charge in [-0.25, -0.2) is 0 Å². The summed E-state index contributed by atoms with van der Waals surface area (Å²) in [5.41, 5.74) is -0.408. The highest BCUT2D eigenvalue weighted by Gasteiger charge is 2.23. The summed E-state index contributed by atoms with van der Waals surface area (Å²) in [5.74, 6) is 0. The second-order valence-corrected chi connectivity index (χ2v) is 5.34. The zero-order valence-electron chi connectivity index (χ0n) is 11.2. The van der Waals surface area contributed by atoms with Crippen molar-refractivity contribution in [1.29, 1.82) is 0 Å².